The molecular weight excluding hydrogens is 185 g/mol. The van der Waals surface area contributed by atoms with Crippen LogP contribution in [0.3, 0.4) is 0 Å². The lowest BCUT2D eigenvalue weighted by Crippen LogP contribution is -2.28. The van der Waals surface area contributed by atoms with Crippen molar-refractivity contribution in [2.75, 3.05) is 0 Å². The Morgan fingerprint density at radius 2 is 1.67 bits per heavy atom. The highest BCUT2D eigenvalue weighted by Crippen LogP contribution is 2.22. The van der Waals surface area contributed by atoms with Crippen molar-refractivity contribution in [1.82, 2.24) is 0 Å². The fourth-order valence-electron chi connectivity index (χ4n) is 1.44. The van der Waals surface area contributed by atoms with Crippen LogP contribution in [0.5, 0.6) is 0 Å². The van der Waals surface area contributed by atoms with Crippen molar-refractivity contribution >= 4 is 9.76 Å². The maximum atomic E-state index is 11.7. The summed E-state index contributed by atoms with van der Waals surface area (Å²) in [7, 11) is -2.30. The van der Waals surface area contributed by atoms with Crippen LogP contribution >= 0.6 is 0 Å². The van der Waals surface area contributed by atoms with Crippen LogP contribution in [0.25, 0.3) is 0 Å². The summed E-state index contributed by atoms with van der Waals surface area (Å²) in [6.07, 6.45) is 4.75. The van der Waals surface area contributed by atoms with E-state index in [1.54, 1.807) is 0 Å². The second-order valence-electron chi connectivity index (χ2n) is 3.19. The second kappa shape index (κ2) is 4.27. The fourth-order valence-corrected chi connectivity index (χ4v) is 2.20. The first-order valence-electron chi connectivity index (χ1n) is 4.26. The van der Waals surface area contributed by atoms with Crippen molar-refractivity contribution in [2.45, 2.75) is 44.0 Å². The Morgan fingerprint density at radius 3 is 2.17 bits per heavy atom. The predicted octanol–water partition coefficient (Wildman–Crippen LogP) is 1.94. The van der Waals surface area contributed by atoms with Crippen molar-refractivity contribution in [3.8, 4) is 0 Å². The molecule has 0 spiro atoms. The van der Waals surface area contributed by atoms with Crippen LogP contribution in [-0.4, -0.2) is 21.7 Å². The van der Waals surface area contributed by atoms with Crippen LogP contribution in [0.1, 0.15) is 32.1 Å². The number of hydrogen-bond acceptors (Lipinski definition) is 1. The average Bonchev–Trinajstić information content (AvgIpc) is 2.02. The molecule has 0 bridgehead atoms. The zero-order valence-electron chi connectivity index (χ0n) is 6.86. The Hall–Kier alpha value is -0.0331. The van der Waals surface area contributed by atoms with Gasteiger partial charge in [-0.15, -0.1) is 0 Å². The van der Waals surface area contributed by atoms with Gasteiger partial charge in [0.1, 0.15) is 0 Å². The van der Waals surface area contributed by atoms with Crippen LogP contribution in [0.4, 0.5) is 13.2 Å². The quantitative estimate of drug-likeness (QED) is 0.616. The van der Waals surface area contributed by atoms with Crippen LogP contribution < -0.4 is 0 Å². The smallest absolute Gasteiger partial charge is 0.382 e. The van der Waals surface area contributed by atoms with Gasteiger partial charge in [-0.2, -0.15) is 13.2 Å². The first-order chi connectivity index (χ1) is 5.58. The molecule has 1 aliphatic rings. The summed E-state index contributed by atoms with van der Waals surface area (Å²) in [4.78, 5) is 0. The van der Waals surface area contributed by atoms with Gasteiger partial charge in [-0.25, -0.2) is 0 Å². The minimum Gasteiger partial charge on any atom is -0.411 e. The summed E-state index contributed by atoms with van der Waals surface area (Å²) in [5.41, 5.74) is 0. The van der Waals surface area contributed by atoms with Crippen molar-refractivity contribution in [3.05, 3.63) is 0 Å². The third-order valence-corrected chi connectivity index (χ3v) is 3.00. The van der Waals surface area contributed by atoms with Crippen LogP contribution in [0, 0.1) is 0 Å². The molecule has 1 nitrogen and oxygen atoms in total. The van der Waals surface area contributed by atoms with Crippen molar-refractivity contribution in [3.63, 3.8) is 0 Å². The minimum atomic E-state index is -4.03. The SMILES string of the molecule is FC(F)(F)[SiH2]OC1CCCCC1. The molecule has 1 fully saturated rings. The lowest BCUT2D eigenvalue weighted by Gasteiger charge is -2.22. The van der Waals surface area contributed by atoms with E-state index in [1.807, 2.05) is 0 Å². The molecule has 1 rings (SSSR count). The molecule has 0 radical (unpaired) electrons. The molecule has 0 amide bonds. The Morgan fingerprint density at radius 1 is 1.08 bits per heavy atom. The second-order valence-corrected chi connectivity index (χ2v) is 4.61. The largest absolute Gasteiger partial charge is 0.411 e. The first-order valence-corrected chi connectivity index (χ1v) is 5.55. The lowest BCUT2D eigenvalue weighted by molar-refractivity contribution is -0.0646. The van der Waals surface area contributed by atoms with Gasteiger partial charge in [-0.05, 0) is 12.8 Å². The van der Waals surface area contributed by atoms with Crippen molar-refractivity contribution in [2.24, 2.45) is 0 Å². The lowest BCUT2D eigenvalue weighted by atomic mass is 9.98. The van der Waals surface area contributed by atoms with E-state index in [0.717, 1.165) is 32.1 Å². The molecule has 0 aromatic rings. The topological polar surface area (TPSA) is 9.23 Å². The molecule has 5 heteroatoms. The molecule has 0 saturated heterocycles. The van der Waals surface area contributed by atoms with Gasteiger partial charge in [0.2, 0.25) is 0 Å². The first kappa shape index (κ1) is 10.1. The summed E-state index contributed by atoms with van der Waals surface area (Å²) >= 11 is 0. The van der Waals surface area contributed by atoms with Crippen LogP contribution in [0.2, 0.25) is 0 Å². The van der Waals surface area contributed by atoms with Gasteiger partial charge in [0.15, 0.2) is 0 Å². The molecule has 0 unspecified atom stereocenters. The summed E-state index contributed by atoms with van der Waals surface area (Å²) in [6.45, 7) is 0. The van der Waals surface area contributed by atoms with E-state index in [0.29, 0.717) is 0 Å². The third kappa shape index (κ3) is 4.11. The van der Waals surface area contributed by atoms with E-state index in [2.05, 4.69) is 0 Å². The highest BCUT2D eigenvalue weighted by atomic mass is 28.2. The molecule has 0 heterocycles. The number of halogens is 3. The summed E-state index contributed by atoms with van der Waals surface area (Å²) in [6, 6.07) is 0. The van der Waals surface area contributed by atoms with E-state index in [1.165, 1.54) is 0 Å². The highest BCUT2D eigenvalue weighted by Gasteiger charge is 2.30. The highest BCUT2D eigenvalue weighted by molar-refractivity contribution is 6.30. The molecule has 72 valence electrons. The summed E-state index contributed by atoms with van der Waals surface area (Å²) in [5, 5.41) is 0. The predicted molar refractivity (Wildman–Crippen MR) is 42.6 cm³/mol. The van der Waals surface area contributed by atoms with Crippen molar-refractivity contribution in [1.29, 1.82) is 0 Å². The molecule has 0 aromatic carbocycles. The molecule has 0 N–H and O–H groups in total. The maximum Gasteiger partial charge on any atom is 0.382 e. The molecule has 12 heavy (non-hydrogen) atoms. The minimum absolute atomic E-state index is 0.0907. The van der Waals surface area contributed by atoms with E-state index >= 15 is 0 Å². The zero-order valence-corrected chi connectivity index (χ0v) is 8.28. The molecule has 1 saturated carbocycles. The Labute approximate surface area is 72.2 Å². The standard InChI is InChI=1S/C7H13F3OSi/c8-7(9,10)12-11-6-4-2-1-3-5-6/h6H,1-5,12H2. The van der Waals surface area contributed by atoms with Gasteiger partial charge in [-0.1, -0.05) is 19.3 Å². The third-order valence-electron chi connectivity index (χ3n) is 2.03. The normalized spacial score (nSPS) is 22.2. The zero-order chi connectivity index (χ0) is 9.03. The number of hydrogen-bond donors (Lipinski definition) is 0. The Bertz CT molecular complexity index is 131. The van der Waals surface area contributed by atoms with E-state index < -0.39 is 15.6 Å². The van der Waals surface area contributed by atoms with Crippen molar-refractivity contribution < 1.29 is 17.6 Å². The van der Waals surface area contributed by atoms with E-state index in [4.69, 9.17) is 4.43 Å². The van der Waals surface area contributed by atoms with Gasteiger partial charge in [0.25, 0.3) is 9.76 Å². The van der Waals surface area contributed by atoms with Gasteiger partial charge in [0, 0.05) is 6.10 Å². The fraction of sp³-hybridized carbons (Fsp3) is 1.00. The van der Waals surface area contributed by atoms with Gasteiger partial charge >= 0.3 is 5.80 Å². The van der Waals surface area contributed by atoms with Gasteiger partial charge in [0.05, 0.1) is 0 Å². The van der Waals surface area contributed by atoms with E-state index in [-0.39, 0.29) is 6.10 Å². The van der Waals surface area contributed by atoms with E-state index in [9.17, 15) is 13.2 Å². The number of rotatable bonds is 2. The van der Waals surface area contributed by atoms with Gasteiger partial charge in [-0.3, -0.25) is 0 Å². The molecule has 0 atom stereocenters. The van der Waals surface area contributed by atoms with Crippen LogP contribution in [-0.2, 0) is 4.43 Å². The number of alkyl halides is 3. The molecule has 0 aromatic heterocycles. The summed E-state index contributed by atoms with van der Waals surface area (Å²) in [5.74, 6) is -4.03. The monoisotopic (exact) mass is 198 g/mol. The maximum absolute atomic E-state index is 11.7. The summed E-state index contributed by atoms with van der Waals surface area (Å²) < 4.78 is 40.1. The molecular formula is C7H13F3OSi. The van der Waals surface area contributed by atoms with Crippen LogP contribution in [0.15, 0.2) is 0 Å². The Kier molecular flexibility index (Phi) is 3.58. The average molecular weight is 198 g/mol. The molecule has 1 aliphatic carbocycles. The Balaban J connectivity index is 2.13. The molecule has 0 aliphatic heterocycles. The van der Waals surface area contributed by atoms with Gasteiger partial charge < -0.3 is 4.43 Å².